The molecular formula is C13H19BrN2O2. The summed E-state index contributed by atoms with van der Waals surface area (Å²) in [6, 6.07) is 3.46. The van der Waals surface area contributed by atoms with Crippen LogP contribution in [0.25, 0.3) is 0 Å². The van der Waals surface area contributed by atoms with E-state index in [0.717, 1.165) is 26.2 Å². The molecule has 0 unspecified atom stereocenters. The lowest BCUT2D eigenvalue weighted by molar-refractivity contribution is 0.0427. The Morgan fingerprint density at radius 2 is 1.83 bits per heavy atom. The second kappa shape index (κ2) is 5.05. The highest BCUT2D eigenvalue weighted by atomic mass is 79.9. The van der Waals surface area contributed by atoms with Gasteiger partial charge in [0.2, 0.25) is 0 Å². The molecule has 0 saturated carbocycles. The molecule has 0 atom stereocenters. The lowest BCUT2D eigenvalue weighted by Crippen LogP contribution is -2.54. The highest BCUT2D eigenvalue weighted by Crippen LogP contribution is 2.19. The first-order chi connectivity index (χ1) is 8.38. The maximum absolute atomic E-state index is 12.2. The number of carbonyl (C=O) groups is 1. The van der Waals surface area contributed by atoms with Gasteiger partial charge < -0.3 is 9.32 Å². The molecule has 0 aromatic carbocycles. The van der Waals surface area contributed by atoms with Gasteiger partial charge >= 0.3 is 0 Å². The lowest BCUT2D eigenvalue weighted by atomic mass is 10.0. The van der Waals surface area contributed by atoms with Gasteiger partial charge in [0.05, 0.1) is 0 Å². The maximum atomic E-state index is 12.2. The van der Waals surface area contributed by atoms with Crippen LogP contribution in [0.2, 0.25) is 0 Å². The fraction of sp³-hybridized carbons (Fsp3) is 0.615. The van der Waals surface area contributed by atoms with Gasteiger partial charge in [-0.3, -0.25) is 9.69 Å². The highest BCUT2D eigenvalue weighted by molar-refractivity contribution is 9.10. The molecule has 1 aromatic heterocycles. The molecule has 2 heterocycles. The Bertz CT molecular complexity index is 428. The van der Waals surface area contributed by atoms with E-state index in [1.807, 2.05) is 4.90 Å². The summed E-state index contributed by atoms with van der Waals surface area (Å²) in [6.07, 6.45) is 0. The standard InChI is InChI=1S/C13H19BrN2O2/c1-13(2,3)16-8-6-15(7-9-16)12(17)10-4-5-11(14)18-10/h4-5H,6-9H2,1-3H3. The summed E-state index contributed by atoms with van der Waals surface area (Å²) in [5, 5.41) is 0. The molecule has 5 heteroatoms. The number of hydrogen-bond donors (Lipinski definition) is 0. The Morgan fingerprint density at radius 3 is 2.28 bits per heavy atom. The predicted molar refractivity (Wildman–Crippen MR) is 73.6 cm³/mol. The molecule has 0 N–H and O–H groups in total. The third kappa shape index (κ3) is 2.95. The number of halogens is 1. The number of amides is 1. The molecule has 2 rings (SSSR count). The van der Waals surface area contributed by atoms with Crippen molar-refractivity contribution in [2.24, 2.45) is 0 Å². The zero-order valence-corrected chi connectivity index (χ0v) is 12.7. The van der Waals surface area contributed by atoms with Crippen LogP contribution in [0, 0.1) is 0 Å². The minimum atomic E-state index is -0.0192. The zero-order chi connectivity index (χ0) is 13.3. The molecule has 1 amide bonds. The minimum absolute atomic E-state index is 0.0192. The molecule has 4 nitrogen and oxygen atoms in total. The van der Waals surface area contributed by atoms with Gasteiger partial charge in [0, 0.05) is 31.7 Å². The van der Waals surface area contributed by atoms with Crippen molar-refractivity contribution in [2.45, 2.75) is 26.3 Å². The van der Waals surface area contributed by atoms with Crippen molar-refractivity contribution in [3.8, 4) is 0 Å². The Morgan fingerprint density at radius 1 is 1.22 bits per heavy atom. The first kappa shape index (κ1) is 13.6. The summed E-state index contributed by atoms with van der Waals surface area (Å²) in [5.74, 6) is 0.389. The molecular weight excluding hydrogens is 296 g/mol. The molecule has 1 aromatic rings. The number of rotatable bonds is 1. The van der Waals surface area contributed by atoms with Crippen molar-refractivity contribution in [1.29, 1.82) is 0 Å². The van der Waals surface area contributed by atoms with E-state index in [1.165, 1.54) is 0 Å². The van der Waals surface area contributed by atoms with Crippen LogP contribution in [-0.4, -0.2) is 47.4 Å². The van der Waals surface area contributed by atoms with Crippen LogP contribution in [0.3, 0.4) is 0 Å². The van der Waals surface area contributed by atoms with Crippen LogP contribution in [0.1, 0.15) is 31.3 Å². The topological polar surface area (TPSA) is 36.7 Å². The molecule has 18 heavy (non-hydrogen) atoms. The molecule has 0 aliphatic carbocycles. The van der Waals surface area contributed by atoms with Gasteiger partial charge in [-0.1, -0.05) is 0 Å². The van der Waals surface area contributed by atoms with Crippen LogP contribution < -0.4 is 0 Å². The van der Waals surface area contributed by atoms with Crippen molar-refractivity contribution in [3.63, 3.8) is 0 Å². The van der Waals surface area contributed by atoms with E-state index < -0.39 is 0 Å². The molecule has 0 spiro atoms. The Hall–Kier alpha value is -0.810. The van der Waals surface area contributed by atoms with Gasteiger partial charge in [0.25, 0.3) is 5.91 Å². The first-order valence-electron chi connectivity index (χ1n) is 6.17. The average molecular weight is 315 g/mol. The lowest BCUT2D eigenvalue weighted by Gasteiger charge is -2.42. The molecule has 1 fully saturated rings. The van der Waals surface area contributed by atoms with Crippen LogP contribution in [0.4, 0.5) is 0 Å². The van der Waals surface area contributed by atoms with Crippen molar-refractivity contribution in [3.05, 3.63) is 22.6 Å². The van der Waals surface area contributed by atoms with Gasteiger partial charge in [-0.05, 0) is 48.8 Å². The number of hydrogen-bond acceptors (Lipinski definition) is 3. The number of nitrogens with zero attached hydrogens (tertiary/aromatic N) is 2. The third-order valence-corrected chi connectivity index (χ3v) is 3.73. The van der Waals surface area contributed by atoms with Gasteiger partial charge in [0.1, 0.15) is 0 Å². The van der Waals surface area contributed by atoms with Gasteiger partial charge in [-0.2, -0.15) is 0 Å². The number of furan rings is 1. The minimum Gasteiger partial charge on any atom is -0.444 e. The average Bonchev–Trinajstić information content (AvgIpc) is 2.74. The van der Waals surface area contributed by atoms with Gasteiger partial charge in [-0.25, -0.2) is 0 Å². The van der Waals surface area contributed by atoms with Crippen molar-refractivity contribution >= 4 is 21.8 Å². The van der Waals surface area contributed by atoms with Gasteiger partial charge in [-0.15, -0.1) is 0 Å². The Labute approximate surface area is 116 Å². The van der Waals surface area contributed by atoms with E-state index in [1.54, 1.807) is 12.1 Å². The van der Waals surface area contributed by atoms with Crippen LogP contribution in [-0.2, 0) is 0 Å². The molecule has 0 radical (unpaired) electrons. The van der Waals surface area contributed by atoms with Crippen molar-refractivity contribution < 1.29 is 9.21 Å². The van der Waals surface area contributed by atoms with E-state index in [4.69, 9.17) is 4.42 Å². The smallest absolute Gasteiger partial charge is 0.289 e. The Balaban J connectivity index is 1.96. The fourth-order valence-electron chi connectivity index (χ4n) is 2.17. The normalized spacial score (nSPS) is 18.1. The van der Waals surface area contributed by atoms with Crippen LogP contribution in [0.5, 0.6) is 0 Å². The van der Waals surface area contributed by atoms with E-state index >= 15 is 0 Å². The fourth-order valence-corrected chi connectivity index (χ4v) is 2.47. The van der Waals surface area contributed by atoms with Crippen molar-refractivity contribution in [2.75, 3.05) is 26.2 Å². The summed E-state index contributed by atoms with van der Waals surface area (Å²) in [6.45, 7) is 9.95. The van der Waals surface area contributed by atoms with Crippen LogP contribution in [0.15, 0.2) is 21.2 Å². The van der Waals surface area contributed by atoms with E-state index in [0.29, 0.717) is 10.4 Å². The maximum Gasteiger partial charge on any atom is 0.289 e. The summed E-state index contributed by atoms with van der Waals surface area (Å²) < 4.78 is 5.90. The van der Waals surface area contributed by atoms with Crippen molar-refractivity contribution in [1.82, 2.24) is 9.80 Å². The number of piperazine rings is 1. The second-order valence-electron chi connectivity index (χ2n) is 5.55. The number of carbonyl (C=O) groups excluding carboxylic acids is 1. The third-order valence-electron chi connectivity index (χ3n) is 3.30. The van der Waals surface area contributed by atoms with E-state index in [9.17, 15) is 4.79 Å². The molecule has 1 aliphatic heterocycles. The van der Waals surface area contributed by atoms with E-state index in [2.05, 4.69) is 41.6 Å². The summed E-state index contributed by atoms with van der Waals surface area (Å²) in [4.78, 5) is 16.4. The molecule has 1 aliphatic rings. The zero-order valence-electron chi connectivity index (χ0n) is 11.1. The summed E-state index contributed by atoms with van der Waals surface area (Å²) >= 11 is 3.21. The quantitative estimate of drug-likeness (QED) is 0.799. The van der Waals surface area contributed by atoms with Gasteiger partial charge in [0.15, 0.2) is 10.4 Å². The van der Waals surface area contributed by atoms with Crippen LogP contribution >= 0.6 is 15.9 Å². The molecule has 1 saturated heterocycles. The summed E-state index contributed by atoms with van der Waals surface area (Å²) in [5.41, 5.74) is 0.169. The molecule has 100 valence electrons. The first-order valence-corrected chi connectivity index (χ1v) is 6.97. The second-order valence-corrected chi connectivity index (χ2v) is 6.34. The largest absolute Gasteiger partial charge is 0.444 e. The van der Waals surface area contributed by atoms with E-state index in [-0.39, 0.29) is 11.4 Å². The Kier molecular flexibility index (Phi) is 3.82. The predicted octanol–water partition coefficient (Wildman–Crippen LogP) is 2.60. The SMILES string of the molecule is CC(C)(C)N1CCN(C(=O)c2ccc(Br)o2)CC1. The summed E-state index contributed by atoms with van der Waals surface area (Å²) in [7, 11) is 0. The monoisotopic (exact) mass is 314 g/mol. The molecule has 0 bridgehead atoms. The highest BCUT2D eigenvalue weighted by Gasteiger charge is 2.29.